The van der Waals surface area contributed by atoms with Crippen LogP contribution >= 0.6 is 11.3 Å². The fourth-order valence-corrected chi connectivity index (χ4v) is 3.96. The van der Waals surface area contributed by atoms with Gasteiger partial charge in [0.25, 0.3) is 0 Å². The van der Waals surface area contributed by atoms with Gasteiger partial charge in [-0.1, -0.05) is 6.07 Å². The molecule has 0 aliphatic carbocycles. The lowest BCUT2D eigenvalue weighted by Crippen LogP contribution is -2.53. The van der Waals surface area contributed by atoms with Crippen LogP contribution in [0, 0.1) is 0 Å². The zero-order valence-electron chi connectivity index (χ0n) is 14.9. The maximum absolute atomic E-state index is 9.48. The number of aliphatic hydroxyl groups excluding tert-OH is 1. The van der Waals surface area contributed by atoms with E-state index >= 15 is 0 Å². The van der Waals surface area contributed by atoms with Crippen molar-refractivity contribution in [3.8, 4) is 0 Å². The van der Waals surface area contributed by atoms with Gasteiger partial charge in [-0.3, -0.25) is 4.90 Å². The van der Waals surface area contributed by atoms with E-state index in [0.717, 1.165) is 44.2 Å². The zero-order chi connectivity index (χ0) is 17.6. The SMILES string of the molecule is CC(C)Nc1cc(N2CCN(Cc3cccs3)[C@H](CCO)C2)ncn1. The van der Waals surface area contributed by atoms with Crippen molar-refractivity contribution < 1.29 is 5.11 Å². The van der Waals surface area contributed by atoms with Gasteiger partial charge in [-0.25, -0.2) is 9.97 Å². The van der Waals surface area contributed by atoms with Gasteiger partial charge in [-0.15, -0.1) is 11.3 Å². The molecule has 1 aliphatic heterocycles. The molecule has 0 saturated carbocycles. The van der Waals surface area contributed by atoms with Crippen LogP contribution in [0.25, 0.3) is 0 Å². The summed E-state index contributed by atoms with van der Waals surface area (Å²) in [7, 11) is 0. The summed E-state index contributed by atoms with van der Waals surface area (Å²) in [6, 6.07) is 6.97. The molecule has 136 valence electrons. The van der Waals surface area contributed by atoms with Gasteiger partial charge < -0.3 is 15.3 Å². The number of rotatable bonds is 7. The van der Waals surface area contributed by atoms with Crippen molar-refractivity contribution in [2.24, 2.45) is 0 Å². The van der Waals surface area contributed by atoms with E-state index in [0.29, 0.717) is 12.1 Å². The number of hydrogen-bond acceptors (Lipinski definition) is 7. The number of anilines is 2. The van der Waals surface area contributed by atoms with Gasteiger partial charge in [-0.2, -0.15) is 0 Å². The smallest absolute Gasteiger partial charge is 0.134 e. The summed E-state index contributed by atoms with van der Waals surface area (Å²) in [6.07, 6.45) is 2.41. The van der Waals surface area contributed by atoms with E-state index in [4.69, 9.17) is 0 Å². The second-order valence-corrected chi connectivity index (χ2v) is 7.75. The molecule has 25 heavy (non-hydrogen) atoms. The summed E-state index contributed by atoms with van der Waals surface area (Å²) < 4.78 is 0. The summed E-state index contributed by atoms with van der Waals surface area (Å²) in [6.45, 7) is 8.16. The Morgan fingerprint density at radius 2 is 2.24 bits per heavy atom. The van der Waals surface area contributed by atoms with Crippen molar-refractivity contribution in [2.75, 3.05) is 36.5 Å². The third kappa shape index (κ3) is 4.90. The third-order valence-electron chi connectivity index (χ3n) is 4.42. The van der Waals surface area contributed by atoms with Crippen LogP contribution in [0.2, 0.25) is 0 Å². The molecule has 1 aliphatic rings. The first-order valence-electron chi connectivity index (χ1n) is 8.86. The second kappa shape index (κ2) is 8.60. The topological polar surface area (TPSA) is 64.5 Å². The summed E-state index contributed by atoms with van der Waals surface area (Å²) in [5.41, 5.74) is 0. The van der Waals surface area contributed by atoms with Gasteiger partial charge in [0.1, 0.15) is 18.0 Å². The molecule has 2 aromatic rings. The average molecular weight is 362 g/mol. The first kappa shape index (κ1) is 18.1. The quantitative estimate of drug-likeness (QED) is 0.790. The van der Waals surface area contributed by atoms with E-state index in [2.05, 4.69) is 56.4 Å². The number of aromatic nitrogens is 2. The fourth-order valence-electron chi connectivity index (χ4n) is 3.23. The van der Waals surface area contributed by atoms with Crippen molar-refractivity contribution in [1.82, 2.24) is 14.9 Å². The van der Waals surface area contributed by atoms with Crippen LogP contribution in [-0.2, 0) is 6.54 Å². The molecule has 0 radical (unpaired) electrons. The number of nitrogens with zero attached hydrogens (tertiary/aromatic N) is 4. The largest absolute Gasteiger partial charge is 0.396 e. The van der Waals surface area contributed by atoms with E-state index in [1.165, 1.54) is 4.88 Å². The molecule has 0 amide bonds. The van der Waals surface area contributed by atoms with Gasteiger partial charge in [0.15, 0.2) is 0 Å². The molecule has 3 rings (SSSR count). The Hall–Kier alpha value is -1.70. The lowest BCUT2D eigenvalue weighted by Gasteiger charge is -2.41. The monoisotopic (exact) mass is 361 g/mol. The number of hydrogen-bond donors (Lipinski definition) is 2. The molecule has 7 heteroatoms. The highest BCUT2D eigenvalue weighted by Crippen LogP contribution is 2.23. The summed E-state index contributed by atoms with van der Waals surface area (Å²) >= 11 is 1.79. The van der Waals surface area contributed by atoms with Crippen LogP contribution < -0.4 is 10.2 Å². The Balaban J connectivity index is 1.68. The first-order valence-corrected chi connectivity index (χ1v) is 9.74. The molecule has 0 bridgehead atoms. The molecule has 0 spiro atoms. The van der Waals surface area contributed by atoms with Gasteiger partial charge in [0, 0.05) is 55.8 Å². The zero-order valence-corrected chi connectivity index (χ0v) is 15.7. The second-order valence-electron chi connectivity index (χ2n) is 6.72. The molecule has 0 unspecified atom stereocenters. The van der Waals surface area contributed by atoms with E-state index in [1.54, 1.807) is 17.7 Å². The highest BCUT2D eigenvalue weighted by atomic mass is 32.1. The van der Waals surface area contributed by atoms with E-state index in [-0.39, 0.29) is 6.61 Å². The standard InChI is InChI=1S/C18H27N5OS/c1-14(2)21-17-10-18(20-13-19-17)23-7-6-22(15(11-23)5-8-24)12-16-4-3-9-25-16/h3-4,9-10,13-15,24H,5-8,11-12H2,1-2H3,(H,19,20,21)/t15-/m1/s1. The molecule has 1 fully saturated rings. The van der Waals surface area contributed by atoms with E-state index in [9.17, 15) is 5.11 Å². The van der Waals surface area contributed by atoms with Gasteiger partial charge >= 0.3 is 0 Å². The molecule has 2 aromatic heterocycles. The maximum Gasteiger partial charge on any atom is 0.134 e. The molecular formula is C18H27N5OS. The van der Waals surface area contributed by atoms with Gasteiger partial charge in [0.05, 0.1) is 0 Å². The van der Waals surface area contributed by atoms with Crippen molar-refractivity contribution >= 4 is 23.0 Å². The van der Waals surface area contributed by atoms with Crippen molar-refractivity contribution in [3.63, 3.8) is 0 Å². The number of thiophene rings is 1. The number of nitrogens with one attached hydrogen (secondary N) is 1. The normalized spacial score (nSPS) is 18.7. The molecule has 3 heterocycles. The van der Waals surface area contributed by atoms with Crippen LogP contribution in [0.1, 0.15) is 25.1 Å². The minimum atomic E-state index is 0.212. The summed E-state index contributed by atoms with van der Waals surface area (Å²) in [4.78, 5) is 14.9. The van der Waals surface area contributed by atoms with E-state index in [1.807, 2.05) is 6.07 Å². The van der Waals surface area contributed by atoms with Crippen LogP contribution in [0.15, 0.2) is 29.9 Å². The predicted molar refractivity (Wildman–Crippen MR) is 103 cm³/mol. The van der Waals surface area contributed by atoms with Crippen LogP contribution in [0.5, 0.6) is 0 Å². The first-order chi connectivity index (χ1) is 12.2. The lowest BCUT2D eigenvalue weighted by molar-refractivity contribution is 0.136. The van der Waals surface area contributed by atoms with Gasteiger partial charge in [-0.05, 0) is 31.7 Å². The Kier molecular flexibility index (Phi) is 6.23. The molecular weight excluding hydrogens is 334 g/mol. The molecule has 2 N–H and O–H groups in total. The fraction of sp³-hybridized carbons (Fsp3) is 0.556. The summed E-state index contributed by atoms with van der Waals surface area (Å²) in [5.74, 6) is 1.82. The average Bonchev–Trinajstić information content (AvgIpc) is 3.09. The number of piperazine rings is 1. The van der Waals surface area contributed by atoms with Crippen molar-refractivity contribution in [1.29, 1.82) is 0 Å². The highest BCUT2D eigenvalue weighted by Gasteiger charge is 2.27. The molecule has 0 aromatic carbocycles. The Morgan fingerprint density at radius 3 is 2.96 bits per heavy atom. The predicted octanol–water partition coefficient (Wildman–Crippen LogP) is 2.43. The Morgan fingerprint density at radius 1 is 1.36 bits per heavy atom. The van der Waals surface area contributed by atoms with Crippen LogP contribution in [0.4, 0.5) is 11.6 Å². The van der Waals surface area contributed by atoms with E-state index < -0.39 is 0 Å². The minimum Gasteiger partial charge on any atom is -0.396 e. The van der Waals surface area contributed by atoms with Crippen molar-refractivity contribution in [2.45, 2.75) is 38.9 Å². The van der Waals surface area contributed by atoms with Crippen LogP contribution in [-0.4, -0.2) is 58.3 Å². The Bertz CT molecular complexity index is 649. The summed E-state index contributed by atoms with van der Waals surface area (Å²) in [5, 5.41) is 14.9. The highest BCUT2D eigenvalue weighted by molar-refractivity contribution is 7.09. The molecule has 6 nitrogen and oxygen atoms in total. The maximum atomic E-state index is 9.48. The van der Waals surface area contributed by atoms with Gasteiger partial charge in [0.2, 0.25) is 0 Å². The lowest BCUT2D eigenvalue weighted by atomic mass is 10.1. The number of aliphatic hydroxyl groups is 1. The third-order valence-corrected chi connectivity index (χ3v) is 5.28. The Labute approximate surface area is 153 Å². The molecule has 1 atom stereocenters. The van der Waals surface area contributed by atoms with Crippen molar-refractivity contribution in [3.05, 3.63) is 34.8 Å². The molecule has 1 saturated heterocycles. The van der Waals surface area contributed by atoms with Crippen LogP contribution in [0.3, 0.4) is 0 Å². The minimum absolute atomic E-state index is 0.212.